The van der Waals surface area contributed by atoms with E-state index >= 15 is 0 Å². The van der Waals surface area contributed by atoms with Crippen molar-refractivity contribution in [1.82, 2.24) is 19.7 Å². The number of piperidine rings is 1. The number of nitrogens with zero attached hydrogens (tertiary/aromatic N) is 6. The quantitative estimate of drug-likeness (QED) is 0.847. The summed E-state index contributed by atoms with van der Waals surface area (Å²) in [5, 5.41) is 13.0. The number of amides is 1. The number of hydrogen-bond donors (Lipinski definition) is 0. The van der Waals surface area contributed by atoms with E-state index in [0.29, 0.717) is 17.2 Å². The van der Waals surface area contributed by atoms with Gasteiger partial charge in [0, 0.05) is 39.9 Å². The molecule has 1 fully saturated rings. The van der Waals surface area contributed by atoms with Crippen LogP contribution in [0.15, 0.2) is 30.6 Å². The van der Waals surface area contributed by atoms with Crippen LogP contribution in [0.25, 0.3) is 0 Å². The molecule has 0 spiro atoms. The van der Waals surface area contributed by atoms with Gasteiger partial charge in [-0.2, -0.15) is 10.4 Å². The van der Waals surface area contributed by atoms with Crippen molar-refractivity contribution in [3.63, 3.8) is 0 Å². The summed E-state index contributed by atoms with van der Waals surface area (Å²) in [6, 6.07) is 7.61. The van der Waals surface area contributed by atoms with Gasteiger partial charge in [-0.05, 0) is 30.9 Å². The van der Waals surface area contributed by atoms with Crippen molar-refractivity contribution in [3.8, 4) is 6.07 Å². The van der Waals surface area contributed by atoms with Crippen LogP contribution in [0.5, 0.6) is 0 Å². The van der Waals surface area contributed by atoms with E-state index in [9.17, 15) is 4.79 Å². The number of hydrogen-bond acceptors (Lipinski definition) is 5. The second-order valence-electron chi connectivity index (χ2n) is 6.51. The number of nitriles is 1. The van der Waals surface area contributed by atoms with Crippen LogP contribution >= 0.6 is 0 Å². The number of aryl methyl sites for hydroxylation is 1. The predicted octanol–water partition coefficient (Wildman–Crippen LogP) is 1.68. The van der Waals surface area contributed by atoms with Gasteiger partial charge in [-0.1, -0.05) is 6.07 Å². The first-order valence-corrected chi connectivity index (χ1v) is 8.43. The Kier molecular flexibility index (Phi) is 4.98. The van der Waals surface area contributed by atoms with Gasteiger partial charge in [-0.15, -0.1) is 0 Å². The van der Waals surface area contributed by atoms with Crippen LogP contribution in [0.4, 0.5) is 5.82 Å². The minimum atomic E-state index is 0.0129. The van der Waals surface area contributed by atoms with Gasteiger partial charge < -0.3 is 9.80 Å². The fraction of sp³-hybridized carbons (Fsp3) is 0.444. The van der Waals surface area contributed by atoms with E-state index in [1.54, 1.807) is 28.0 Å². The second-order valence-corrected chi connectivity index (χ2v) is 6.51. The van der Waals surface area contributed by atoms with Crippen LogP contribution < -0.4 is 4.90 Å². The highest BCUT2D eigenvalue weighted by atomic mass is 16.2. The van der Waals surface area contributed by atoms with Gasteiger partial charge in [-0.3, -0.25) is 9.48 Å². The van der Waals surface area contributed by atoms with Crippen LogP contribution in [-0.4, -0.2) is 52.3 Å². The lowest BCUT2D eigenvalue weighted by Gasteiger charge is -2.34. The summed E-state index contributed by atoms with van der Waals surface area (Å²) in [4.78, 5) is 20.8. The average molecular weight is 338 g/mol. The van der Waals surface area contributed by atoms with E-state index in [4.69, 9.17) is 5.26 Å². The molecule has 1 saturated heterocycles. The lowest BCUT2D eigenvalue weighted by molar-refractivity contribution is 0.0765. The summed E-state index contributed by atoms with van der Waals surface area (Å²) in [5.74, 6) is 1.34. The third kappa shape index (κ3) is 3.97. The molecule has 25 heavy (non-hydrogen) atoms. The van der Waals surface area contributed by atoms with Gasteiger partial charge >= 0.3 is 0 Å². The number of carbonyl (C=O) groups is 1. The molecular formula is C18H22N6O. The highest BCUT2D eigenvalue weighted by Gasteiger charge is 2.23. The largest absolute Gasteiger partial charge is 0.357 e. The van der Waals surface area contributed by atoms with Crippen LogP contribution in [0, 0.1) is 17.2 Å². The predicted molar refractivity (Wildman–Crippen MR) is 94.1 cm³/mol. The van der Waals surface area contributed by atoms with Crippen LogP contribution in [0.1, 0.15) is 28.9 Å². The Bertz CT molecular complexity index is 785. The Morgan fingerprint density at radius 3 is 2.80 bits per heavy atom. The molecule has 1 amide bonds. The maximum Gasteiger partial charge on any atom is 0.256 e. The minimum Gasteiger partial charge on any atom is -0.357 e. The van der Waals surface area contributed by atoms with Crippen LogP contribution in [0.3, 0.4) is 0 Å². The number of pyridine rings is 1. The Morgan fingerprint density at radius 2 is 2.16 bits per heavy atom. The van der Waals surface area contributed by atoms with Crippen molar-refractivity contribution in [2.45, 2.75) is 12.8 Å². The third-order valence-electron chi connectivity index (χ3n) is 4.62. The lowest BCUT2D eigenvalue weighted by atomic mass is 9.96. The average Bonchev–Trinajstić information content (AvgIpc) is 3.08. The number of anilines is 1. The lowest BCUT2D eigenvalue weighted by Crippen LogP contribution is -2.39. The van der Waals surface area contributed by atoms with Gasteiger partial charge in [0.2, 0.25) is 0 Å². The minimum absolute atomic E-state index is 0.0129. The van der Waals surface area contributed by atoms with E-state index in [0.717, 1.165) is 38.3 Å². The van der Waals surface area contributed by atoms with Crippen LogP contribution in [0.2, 0.25) is 0 Å². The van der Waals surface area contributed by atoms with E-state index in [1.165, 1.54) is 0 Å². The first-order chi connectivity index (χ1) is 12.1. The fourth-order valence-electron chi connectivity index (χ4n) is 3.23. The van der Waals surface area contributed by atoms with E-state index in [2.05, 4.69) is 21.1 Å². The molecule has 2 aromatic rings. The highest BCUT2D eigenvalue weighted by molar-refractivity contribution is 5.93. The Hall–Kier alpha value is -2.88. The molecule has 7 nitrogen and oxygen atoms in total. The van der Waals surface area contributed by atoms with E-state index in [1.807, 2.05) is 26.2 Å². The molecule has 0 unspecified atom stereocenters. The summed E-state index contributed by atoms with van der Waals surface area (Å²) < 4.78 is 1.64. The molecule has 1 aliphatic heterocycles. The van der Waals surface area contributed by atoms with Gasteiger partial charge in [0.1, 0.15) is 17.6 Å². The Morgan fingerprint density at radius 1 is 1.40 bits per heavy atom. The zero-order valence-corrected chi connectivity index (χ0v) is 14.6. The maximum atomic E-state index is 12.4. The van der Waals surface area contributed by atoms with Gasteiger partial charge in [0.25, 0.3) is 5.91 Å². The Balaban J connectivity index is 1.53. The molecule has 3 heterocycles. The summed E-state index contributed by atoms with van der Waals surface area (Å²) in [6.45, 7) is 2.52. The normalized spacial score (nSPS) is 15.0. The van der Waals surface area contributed by atoms with Crippen molar-refractivity contribution >= 4 is 11.7 Å². The van der Waals surface area contributed by atoms with Crippen molar-refractivity contribution in [2.75, 3.05) is 31.6 Å². The first kappa shape index (κ1) is 17.0. The topological polar surface area (TPSA) is 78.1 Å². The van der Waals surface area contributed by atoms with Crippen molar-refractivity contribution < 1.29 is 4.79 Å². The molecule has 0 radical (unpaired) electrons. The van der Waals surface area contributed by atoms with Crippen molar-refractivity contribution in [1.29, 1.82) is 5.26 Å². The number of aromatic nitrogens is 3. The molecule has 0 aliphatic carbocycles. The number of carbonyl (C=O) groups excluding carboxylic acids is 1. The molecule has 3 rings (SSSR count). The van der Waals surface area contributed by atoms with Gasteiger partial charge in [0.05, 0.1) is 11.8 Å². The van der Waals surface area contributed by atoms with Crippen molar-refractivity contribution in [2.24, 2.45) is 13.0 Å². The standard InChI is InChI=1S/C18H22N6O/c1-22(18(25)15-11-20-23(2)13-15)12-14-6-8-24(9-7-14)17-5-3-4-16(10-19)21-17/h3-5,11,13-14H,6-9,12H2,1-2H3. The molecule has 0 aromatic carbocycles. The van der Waals surface area contributed by atoms with E-state index < -0.39 is 0 Å². The molecule has 0 atom stereocenters. The molecule has 130 valence electrons. The summed E-state index contributed by atoms with van der Waals surface area (Å²) in [6.07, 6.45) is 5.36. The fourth-order valence-corrected chi connectivity index (χ4v) is 3.23. The first-order valence-electron chi connectivity index (χ1n) is 8.43. The maximum absolute atomic E-state index is 12.4. The second kappa shape index (κ2) is 7.34. The van der Waals surface area contributed by atoms with Crippen LogP contribution in [-0.2, 0) is 7.05 Å². The zero-order valence-electron chi connectivity index (χ0n) is 14.6. The molecular weight excluding hydrogens is 316 g/mol. The summed E-state index contributed by atoms with van der Waals surface area (Å²) in [7, 11) is 3.65. The highest BCUT2D eigenvalue weighted by Crippen LogP contribution is 2.23. The zero-order chi connectivity index (χ0) is 17.8. The molecule has 0 N–H and O–H groups in total. The molecule has 1 aliphatic rings. The monoisotopic (exact) mass is 338 g/mol. The summed E-state index contributed by atoms with van der Waals surface area (Å²) >= 11 is 0. The third-order valence-corrected chi connectivity index (χ3v) is 4.62. The molecule has 7 heteroatoms. The Labute approximate surface area is 147 Å². The van der Waals surface area contributed by atoms with Gasteiger partial charge in [0.15, 0.2) is 0 Å². The SMILES string of the molecule is CN(CC1CCN(c2cccc(C#N)n2)CC1)C(=O)c1cnn(C)c1. The van der Waals surface area contributed by atoms with Crippen molar-refractivity contribution in [3.05, 3.63) is 41.9 Å². The number of rotatable bonds is 4. The van der Waals surface area contributed by atoms with E-state index in [-0.39, 0.29) is 5.91 Å². The smallest absolute Gasteiger partial charge is 0.256 e. The molecule has 0 bridgehead atoms. The molecule has 0 saturated carbocycles. The summed E-state index contributed by atoms with van der Waals surface area (Å²) in [5.41, 5.74) is 1.07. The molecule has 2 aromatic heterocycles. The van der Waals surface area contributed by atoms with Gasteiger partial charge in [-0.25, -0.2) is 4.98 Å².